The number of carbonyl (C=O) groups is 1. The molecule has 0 saturated carbocycles. The maximum Gasteiger partial charge on any atom is 0.297 e. The second-order valence-corrected chi connectivity index (χ2v) is 7.79. The van der Waals surface area contributed by atoms with E-state index in [0.717, 1.165) is 15.8 Å². The van der Waals surface area contributed by atoms with Crippen LogP contribution in [-0.4, -0.2) is 48.7 Å². The van der Waals surface area contributed by atoms with Gasteiger partial charge in [-0.2, -0.15) is 5.10 Å². The monoisotopic (exact) mass is 478 g/mol. The molecule has 1 amide bonds. The minimum Gasteiger partial charge on any atom is -0.497 e. The van der Waals surface area contributed by atoms with Crippen molar-refractivity contribution in [3.63, 3.8) is 0 Å². The Morgan fingerprint density at radius 3 is 2.46 bits per heavy atom. The average Bonchev–Trinajstić information content (AvgIpc) is 3.27. The molecular weight excluding hydrogens is 452 g/mol. The highest BCUT2D eigenvalue weighted by molar-refractivity contribution is 5.93. The minimum absolute atomic E-state index is 0.126. The van der Waals surface area contributed by atoms with Gasteiger partial charge in [-0.15, -0.1) is 0 Å². The SMILES string of the molecule is COc1ccc(-c2nn(CC(=O)NCCc3ccc(OC)c(OC)c3)c(=O)c3noc(C)c23)cc1. The molecule has 1 N–H and O–H groups in total. The Labute approximate surface area is 201 Å². The summed E-state index contributed by atoms with van der Waals surface area (Å²) in [4.78, 5) is 25.6. The van der Waals surface area contributed by atoms with Crippen molar-refractivity contribution in [2.24, 2.45) is 0 Å². The van der Waals surface area contributed by atoms with Gasteiger partial charge in [0.15, 0.2) is 17.0 Å². The molecule has 0 unspecified atom stereocenters. The second kappa shape index (κ2) is 10.3. The number of nitrogens with one attached hydrogen (secondary N) is 1. The van der Waals surface area contributed by atoms with Crippen LogP contribution in [0.15, 0.2) is 51.8 Å². The first-order valence-corrected chi connectivity index (χ1v) is 10.9. The third-order valence-electron chi connectivity index (χ3n) is 5.60. The number of hydrogen-bond acceptors (Lipinski definition) is 8. The summed E-state index contributed by atoms with van der Waals surface area (Å²) in [6.45, 7) is 1.84. The molecule has 10 heteroatoms. The molecule has 182 valence electrons. The zero-order chi connectivity index (χ0) is 24.9. The standard InChI is InChI=1S/C25H26N4O6/c1-15-22-23(17-6-8-18(32-2)9-7-17)27-29(25(31)24(22)28-35-15)14-21(30)26-12-11-16-5-10-19(33-3)20(13-16)34-4/h5-10,13H,11-12,14H2,1-4H3,(H,26,30). The first-order chi connectivity index (χ1) is 16.9. The lowest BCUT2D eigenvalue weighted by molar-refractivity contribution is -0.121. The number of aromatic nitrogens is 3. The van der Waals surface area contributed by atoms with E-state index in [2.05, 4.69) is 15.6 Å². The number of nitrogens with zero attached hydrogens (tertiary/aromatic N) is 3. The summed E-state index contributed by atoms with van der Waals surface area (Å²) >= 11 is 0. The van der Waals surface area contributed by atoms with Crippen molar-refractivity contribution in [1.82, 2.24) is 20.3 Å². The lowest BCUT2D eigenvalue weighted by atomic mass is 10.1. The summed E-state index contributed by atoms with van der Waals surface area (Å²) in [6, 6.07) is 12.8. The number of carbonyl (C=O) groups excluding carboxylic acids is 1. The van der Waals surface area contributed by atoms with Crippen LogP contribution in [0.1, 0.15) is 11.3 Å². The van der Waals surface area contributed by atoms with E-state index < -0.39 is 5.56 Å². The van der Waals surface area contributed by atoms with Crippen LogP contribution >= 0.6 is 0 Å². The van der Waals surface area contributed by atoms with Crippen molar-refractivity contribution in [2.75, 3.05) is 27.9 Å². The Morgan fingerprint density at radius 2 is 1.77 bits per heavy atom. The van der Waals surface area contributed by atoms with Crippen LogP contribution < -0.4 is 25.1 Å². The number of ether oxygens (including phenoxy) is 3. The van der Waals surface area contributed by atoms with Crippen LogP contribution in [0.4, 0.5) is 0 Å². The van der Waals surface area contributed by atoms with Gasteiger partial charge in [0.25, 0.3) is 5.56 Å². The fourth-order valence-electron chi connectivity index (χ4n) is 3.77. The molecule has 0 fully saturated rings. The zero-order valence-electron chi connectivity index (χ0n) is 20.0. The van der Waals surface area contributed by atoms with Crippen molar-refractivity contribution in [1.29, 1.82) is 0 Å². The highest BCUT2D eigenvalue weighted by Gasteiger charge is 2.20. The molecule has 0 atom stereocenters. The topological polar surface area (TPSA) is 118 Å². The van der Waals surface area contributed by atoms with E-state index in [1.54, 1.807) is 40.4 Å². The van der Waals surface area contributed by atoms with Gasteiger partial charge in [-0.1, -0.05) is 11.2 Å². The molecule has 0 saturated heterocycles. The number of hydrogen-bond donors (Lipinski definition) is 1. The van der Waals surface area contributed by atoms with Gasteiger partial charge in [-0.25, -0.2) is 4.68 Å². The molecule has 0 bridgehead atoms. The third-order valence-corrected chi connectivity index (χ3v) is 5.60. The van der Waals surface area contributed by atoms with Crippen molar-refractivity contribution < 1.29 is 23.5 Å². The molecule has 0 aliphatic carbocycles. The second-order valence-electron chi connectivity index (χ2n) is 7.79. The van der Waals surface area contributed by atoms with Gasteiger partial charge in [-0.05, 0) is 55.3 Å². The van der Waals surface area contributed by atoms with Crippen molar-refractivity contribution in [3.05, 3.63) is 64.1 Å². The lowest BCUT2D eigenvalue weighted by Crippen LogP contribution is -2.35. The molecule has 10 nitrogen and oxygen atoms in total. The van der Waals surface area contributed by atoms with Crippen LogP contribution in [-0.2, 0) is 17.8 Å². The highest BCUT2D eigenvalue weighted by Crippen LogP contribution is 2.29. The van der Waals surface area contributed by atoms with E-state index in [1.165, 1.54) is 0 Å². The molecule has 0 radical (unpaired) electrons. The lowest BCUT2D eigenvalue weighted by Gasteiger charge is -2.11. The maximum atomic E-state index is 12.9. The van der Waals surface area contributed by atoms with Crippen molar-refractivity contribution >= 4 is 16.8 Å². The smallest absolute Gasteiger partial charge is 0.297 e. The average molecular weight is 479 g/mol. The van der Waals surface area contributed by atoms with E-state index in [-0.39, 0.29) is 18.0 Å². The summed E-state index contributed by atoms with van der Waals surface area (Å²) < 4.78 is 22.1. The van der Waals surface area contributed by atoms with E-state index >= 15 is 0 Å². The Bertz CT molecular complexity index is 1410. The van der Waals surface area contributed by atoms with Gasteiger partial charge in [-0.3, -0.25) is 9.59 Å². The zero-order valence-corrected chi connectivity index (χ0v) is 20.0. The Hall–Kier alpha value is -4.34. The fourth-order valence-corrected chi connectivity index (χ4v) is 3.77. The molecule has 2 heterocycles. The molecule has 4 rings (SSSR count). The maximum absolute atomic E-state index is 12.9. The molecule has 2 aromatic heterocycles. The molecule has 2 aromatic carbocycles. The fraction of sp³-hybridized carbons (Fsp3) is 0.280. The number of amides is 1. The Morgan fingerprint density at radius 1 is 1.03 bits per heavy atom. The number of fused-ring (bicyclic) bond motifs is 1. The van der Waals surface area contributed by atoms with Crippen LogP contribution in [0, 0.1) is 6.92 Å². The predicted octanol–water partition coefficient (Wildman–Crippen LogP) is 2.74. The minimum atomic E-state index is -0.496. The molecule has 4 aromatic rings. The largest absolute Gasteiger partial charge is 0.497 e. The van der Waals surface area contributed by atoms with Crippen LogP contribution in [0.2, 0.25) is 0 Å². The first-order valence-electron chi connectivity index (χ1n) is 10.9. The van der Waals surface area contributed by atoms with E-state index in [1.807, 2.05) is 30.3 Å². The van der Waals surface area contributed by atoms with Gasteiger partial charge < -0.3 is 24.1 Å². The van der Waals surface area contributed by atoms with Gasteiger partial charge in [0, 0.05) is 12.1 Å². The quantitative estimate of drug-likeness (QED) is 0.390. The molecule has 0 aliphatic rings. The number of methoxy groups -OCH3 is 3. The van der Waals surface area contributed by atoms with E-state index in [0.29, 0.717) is 47.1 Å². The Balaban J connectivity index is 1.52. The van der Waals surface area contributed by atoms with E-state index in [4.69, 9.17) is 18.7 Å². The summed E-state index contributed by atoms with van der Waals surface area (Å²) in [5.74, 6) is 2.07. The van der Waals surface area contributed by atoms with Gasteiger partial charge in [0.2, 0.25) is 5.91 Å². The first kappa shape index (κ1) is 23.8. The molecule has 0 spiro atoms. The summed E-state index contributed by atoms with van der Waals surface area (Å²) in [5.41, 5.74) is 1.84. The van der Waals surface area contributed by atoms with Crippen molar-refractivity contribution in [2.45, 2.75) is 19.9 Å². The summed E-state index contributed by atoms with van der Waals surface area (Å²) in [6.07, 6.45) is 0.576. The predicted molar refractivity (Wildman–Crippen MR) is 129 cm³/mol. The Kier molecular flexibility index (Phi) is 7.00. The number of benzene rings is 2. The third kappa shape index (κ3) is 4.96. The molecule has 35 heavy (non-hydrogen) atoms. The molecular formula is C25H26N4O6. The van der Waals surface area contributed by atoms with Gasteiger partial charge >= 0.3 is 0 Å². The van der Waals surface area contributed by atoms with Crippen molar-refractivity contribution in [3.8, 4) is 28.5 Å². The normalized spacial score (nSPS) is 10.9. The summed E-state index contributed by atoms with van der Waals surface area (Å²) in [7, 11) is 4.73. The number of rotatable bonds is 9. The van der Waals surface area contributed by atoms with E-state index in [9.17, 15) is 9.59 Å². The summed E-state index contributed by atoms with van der Waals surface area (Å²) in [5, 5.41) is 11.7. The highest BCUT2D eigenvalue weighted by atomic mass is 16.5. The van der Waals surface area contributed by atoms with Crippen LogP contribution in [0.25, 0.3) is 22.2 Å². The van der Waals surface area contributed by atoms with Gasteiger partial charge in [0.1, 0.15) is 23.7 Å². The van der Waals surface area contributed by atoms with Gasteiger partial charge in [0.05, 0.1) is 26.7 Å². The van der Waals surface area contributed by atoms with Crippen LogP contribution in [0.5, 0.6) is 17.2 Å². The molecule has 0 aliphatic heterocycles. The van der Waals surface area contributed by atoms with Crippen LogP contribution in [0.3, 0.4) is 0 Å². The number of aryl methyl sites for hydroxylation is 1.